The zero-order chi connectivity index (χ0) is 15.2. The number of rotatable bonds is 0. The van der Waals surface area contributed by atoms with Crippen LogP contribution in [0.1, 0.15) is 54.4 Å². The Kier molecular flexibility index (Phi) is 9.65. The minimum atomic E-state index is 0. The average molecular weight is 344 g/mol. The Morgan fingerprint density at radius 1 is 0.667 bits per heavy atom. The van der Waals surface area contributed by atoms with Crippen molar-refractivity contribution in [2.75, 3.05) is 26.2 Å². The van der Waals surface area contributed by atoms with Crippen molar-refractivity contribution in [1.29, 1.82) is 0 Å². The van der Waals surface area contributed by atoms with Crippen molar-refractivity contribution >= 4 is 0 Å². The molecule has 0 unspecified atom stereocenters. The summed E-state index contributed by atoms with van der Waals surface area (Å²) in [4.78, 5) is 0. The molecule has 131 valence electrons. The van der Waals surface area contributed by atoms with Crippen molar-refractivity contribution in [3.8, 4) is 0 Å². The minimum absolute atomic E-state index is 0. The number of hydrogen-bond acceptors (Lipinski definition) is 0. The fourth-order valence-corrected chi connectivity index (χ4v) is 2.97. The second-order valence-electron chi connectivity index (χ2n) is 7.31. The van der Waals surface area contributed by atoms with Crippen LogP contribution in [0, 0.1) is 0 Å². The maximum Gasteiger partial charge on any atom is 0 e. The van der Waals surface area contributed by atoms with E-state index in [9.17, 15) is 0 Å². The van der Waals surface area contributed by atoms with Crippen LogP contribution in [0.25, 0.3) is 21.3 Å². The van der Waals surface area contributed by atoms with Crippen LogP contribution >= 0.6 is 0 Å². The van der Waals surface area contributed by atoms with Crippen molar-refractivity contribution in [1.82, 2.24) is 0 Å². The average Bonchev–Trinajstić information content (AvgIpc) is 2.28. The van der Waals surface area contributed by atoms with Gasteiger partial charge in [-0.2, -0.15) is 26.2 Å². The van der Waals surface area contributed by atoms with Crippen LogP contribution in [0.15, 0.2) is 0 Å². The molecule has 0 amide bonds. The molecule has 0 aliphatic carbocycles. The van der Waals surface area contributed by atoms with Crippen molar-refractivity contribution in [2.45, 2.75) is 77.5 Å². The van der Waals surface area contributed by atoms with Crippen LogP contribution in [0.2, 0.25) is 0 Å². The maximum atomic E-state index is 4.79. The third-order valence-corrected chi connectivity index (χ3v) is 3.75. The first kappa shape index (κ1) is 21.4. The van der Waals surface area contributed by atoms with E-state index < -0.39 is 0 Å². The predicted molar refractivity (Wildman–Crippen MR) is 89.2 cm³/mol. The molecule has 1 aliphatic heterocycles. The molecular weight excluding hydrogens is 312 g/mol. The molecule has 0 spiro atoms. The van der Waals surface area contributed by atoms with E-state index in [0.717, 1.165) is 39.0 Å². The van der Waals surface area contributed by atoms with Gasteiger partial charge in [0.25, 0.3) is 0 Å². The standard InChI is InChI=1S/C16H32N4.Cu/c1-13-11-15(3,4)19-10-8-18-14(2)12-16(5,6)20-9-7-17-13;/h13-14H,7-12H2,1-6H3;/q-4;/t13-,14+;. The molecule has 1 heterocycles. The molecule has 2 atom stereocenters. The van der Waals surface area contributed by atoms with Gasteiger partial charge in [-0.1, -0.05) is 54.4 Å². The van der Waals surface area contributed by atoms with Crippen LogP contribution in [-0.4, -0.2) is 49.3 Å². The van der Waals surface area contributed by atoms with Crippen LogP contribution in [0.5, 0.6) is 0 Å². The zero-order valence-corrected chi connectivity index (χ0v) is 15.4. The van der Waals surface area contributed by atoms with Gasteiger partial charge in [0.15, 0.2) is 0 Å². The van der Waals surface area contributed by atoms with Crippen molar-refractivity contribution in [3.63, 3.8) is 0 Å². The zero-order valence-electron chi connectivity index (χ0n) is 14.5. The monoisotopic (exact) mass is 343 g/mol. The molecule has 0 aromatic rings. The minimum Gasteiger partial charge on any atom is -0.661 e. The van der Waals surface area contributed by atoms with Gasteiger partial charge in [0, 0.05) is 17.1 Å². The molecule has 1 radical (unpaired) electrons. The van der Waals surface area contributed by atoms with Crippen LogP contribution in [0.4, 0.5) is 0 Å². The Morgan fingerprint density at radius 3 is 1.33 bits per heavy atom. The molecule has 1 saturated heterocycles. The Hall–Kier alpha value is 0.359. The van der Waals surface area contributed by atoms with E-state index in [-0.39, 0.29) is 28.1 Å². The normalized spacial score (nSPS) is 31.7. The van der Waals surface area contributed by atoms with Gasteiger partial charge in [0.2, 0.25) is 0 Å². The Bertz CT molecular complexity index is 253. The van der Waals surface area contributed by atoms with Gasteiger partial charge in [-0.15, -0.1) is 23.2 Å². The van der Waals surface area contributed by atoms with Crippen molar-refractivity contribution in [2.24, 2.45) is 0 Å². The summed E-state index contributed by atoms with van der Waals surface area (Å²) in [7, 11) is 0. The van der Waals surface area contributed by atoms with Crippen LogP contribution < -0.4 is 0 Å². The Balaban J connectivity index is 0.00000400. The smallest absolute Gasteiger partial charge is 0 e. The largest absolute Gasteiger partial charge is 0.661 e. The summed E-state index contributed by atoms with van der Waals surface area (Å²) in [5.41, 5.74) is 0.00438. The summed E-state index contributed by atoms with van der Waals surface area (Å²) in [6.07, 6.45) is 2.01. The van der Waals surface area contributed by atoms with Crippen molar-refractivity contribution < 1.29 is 17.1 Å². The fraction of sp³-hybridized carbons (Fsp3) is 1.00. The molecule has 0 aromatic heterocycles. The molecule has 4 nitrogen and oxygen atoms in total. The van der Waals surface area contributed by atoms with E-state index >= 15 is 0 Å². The van der Waals surface area contributed by atoms with Crippen LogP contribution in [-0.2, 0) is 17.1 Å². The second kappa shape index (κ2) is 9.49. The first-order valence-electron chi connectivity index (χ1n) is 7.91. The quantitative estimate of drug-likeness (QED) is 0.577. The van der Waals surface area contributed by atoms with E-state index in [4.69, 9.17) is 21.3 Å². The first-order chi connectivity index (χ1) is 9.20. The third-order valence-electron chi connectivity index (χ3n) is 3.75. The van der Waals surface area contributed by atoms with Gasteiger partial charge in [-0.05, 0) is 0 Å². The Morgan fingerprint density at radius 2 is 1.00 bits per heavy atom. The van der Waals surface area contributed by atoms with Crippen molar-refractivity contribution in [3.05, 3.63) is 21.3 Å². The van der Waals surface area contributed by atoms with E-state index in [2.05, 4.69) is 41.5 Å². The van der Waals surface area contributed by atoms with Crippen LogP contribution in [0.3, 0.4) is 0 Å². The maximum absolute atomic E-state index is 4.79. The molecule has 0 aromatic carbocycles. The molecule has 5 heteroatoms. The molecule has 1 fully saturated rings. The number of hydrogen-bond donors (Lipinski definition) is 0. The summed E-state index contributed by atoms with van der Waals surface area (Å²) < 4.78 is 0. The summed E-state index contributed by atoms with van der Waals surface area (Å²) in [5.74, 6) is 0. The second-order valence-corrected chi connectivity index (χ2v) is 7.31. The predicted octanol–water partition coefficient (Wildman–Crippen LogP) is 4.61. The molecule has 1 rings (SSSR count). The number of nitrogens with zero attached hydrogens (tertiary/aromatic N) is 4. The Labute approximate surface area is 142 Å². The fourth-order valence-electron chi connectivity index (χ4n) is 2.97. The topological polar surface area (TPSA) is 56.4 Å². The molecule has 0 bridgehead atoms. The molecular formula is C16H32CuN4-4. The molecule has 0 saturated carbocycles. The summed E-state index contributed by atoms with van der Waals surface area (Å²) >= 11 is 0. The molecule has 21 heavy (non-hydrogen) atoms. The third kappa shape index (κ3) is 9.88. The molecule has 0 N–H and O–H groups in total. The van der Waals surface area contributed by atoms with Gasteiger partial charge >= 0.3 is 0 Å². The van der Waals surface area contributed by atoms with Gasteiger partial charge in [-0.25, -0.2) is 0 Å². The van der Waals surface area contributed by atoms with Gasteiger partial charge in [-0.3, -0.25) is 0 Å². The summed E-state index contributed by atoms with van der Waals surface area (Å²) in [6, 6.07) is 0.705. The SMILES string of the molecule is C[C@@H]1CC(C)(C)[N-]CC[N-][C@@H](C)CC(C)(C)[N-]CC[N-]1.[Cu]. The van der Waals surface area contributed by atoms with Gasteiger partial charge in [0.1, 0.15) is 0 Å². The van der Waals surface area contributed by atoms with E-state index in [1.165, 1.54) is 0 Å². The van der Waals surface area contributed by atoms with E-state index in [0.29, 0.717) is 12.1 Å². The summed E-state index contributed by atoms with van der Waals surface area (Å²) in [6.45, 7) is 16.4. The van der Waals surface area contributed by atoms with E-state index in [1.807, 2.05) is 0 Å². The summed E-state index contributed by atoms with van der Waals surface area (Å²) in [5, 5.41) is 19.0. The first-order valence-corrected chi connectivity index (χ1v) is 7.91. The van der Waals surface area contributed by atoms with Gasteiger partial charge in [0.05, 0.1) is 0 Å². The molecule has 1 aliphatic rings. The van der Waals surface area contributed by atoms with E-state index in [1.54, 1.807) is 0 Å². The van der Waals surface area contributed by atoms with Gasteiger partial charge < -0.3 is 21.3 Å².